The number of sulfonamides is 1. The summed E-state index contributed by atoms with van der Waals surface area (Å²) in [5, 5.41) is 3.63. The third-order valence-electron chi connectivity index (χ3n) is 8.32. The maximum absolute atomic E-state index is 14.6. The first kappa shape index (κ1) is 34.0. The Labute approximate surface area is 282 Å². The Balaban J connectivity index is 1.54. The van der Waals surface area contributed by atoms with Gasteiger partial charge in [0, 0.05) is 24.0 Å². The van der Waals surface area contributed by atoms with Crippen molar-refractivity contribution in [1.82, 2.24) is 10.2 Å². The number of hydrogen-bond acceptors (Lipinski definition) is 5. The molecule has 10 heteroatoms. The summed E-state index contributed by atoms with van der Waals surface area (Å²) in [4.78, 5) is 30.2. The van der Waals surface area contributed by atoms with Crippen LogP contribution in [0.1, 0.15) is 43.7 Å². The molecular weight excluding hydrogens is 634 g/mol. The molecule has 8 nitrogen and oxygen atoms in total. The minimum atomic E-state index is -4.22. The summed E-state index contributed by atoms with van der Waals surface area (Å²) in [7, 11) is -4.22. The summed E-state index contributed by atoms with van der Waals surface area (Å²) in [6.07, 6.45) is 4.07. The number of rotatable bonds is 14. The van der Waals surface area contributed by atoms with Crippen LogP contribution in [0.15, 0.2) is 114 Å². The summed E-state index contributed by atoms with van der Waals surface area (Å²) >= 11 is 6.59. The minimum absolute atomic E-state index is 0.00933. The molecule has 246 valence electrons. The molecule has 2 amide bonds. The van der Waals surface area contributed by atoms with Gasteiger partial charge in [0.15, 0.2) is 0 Å². The van der Waals surface area contributed by atoms with Crippen LogP contribution in [0.25, 0.3) is 0 Å². The van der Waals surface area contributed by atoms with E-state index in [1.807, 2.05) is 49.4 Å². The van der Waals surface area contributed by atoms with Gasteiger partial charge in [-0.1, -0.05) is 91.2 Å². The van der Waals surface area contributed by atoms with E-state index in [1.54, 1.807) is 54.6 Å². The molecule has 1 fully saturated rings. The number of nitrogens with one attached hydrogen (secondary N) is 1. The maximum Gasteiger partial charge on any atom is 0.264 e. The van der Waals surface area contributed by atoms with Gasteiger partial charge in [0.2, 0.25) is 11.8 Å². The van der Waals surface area contributed by atoms with E-state index in [0.717, 1.165) is 35.6 Å². The van der Waals surface area contributed by atoms with Crippen LogP contribution < -0.4 is 14.4 Å². The molecule has 1 aliphatic rings. The molecule has 1 aliphatic carbocycles. The lowest BCUT2D eigenvalue weighted by atomic mass is 10.0. The predicted octanol–water partition coefficient (Wildman–Crippen LogP) is 6.63. The van der Waals surface area contributed by atoms with E-state index in [0.29, 0.717) is 28.6 Å². The molecule has 4 aromatic carbocycles. The average Bonchev–Trinajstić information content (AvgIpc) is 3.60. The number of ether oxygens (including phenoxy) is 1. The quantitative estimate of drug-likeness (QED) is 0.162. The average molecular weight is 674 g/mol. The highest BCUT2D eigenvalue weighted by molar-refractivity contribution is 7.92. The number of anilines is 1. The Kier molecular flexibility index (Phi) is 11.6. The highest BCUT2D eigenvalue weighted by Crippen LogP contribution is 2.27. The molecule has 0 spiro atoms. The van der Waals surface area contributed by atoms with Gasteiger partial charge in [-0.05, 0) is 73.4 Å². The van der Waals surface area contributed by atoms with Gasteiger partial charge in [-0.3, -0.25) is 13.9 Å². The zero-order chi connectivity index (χ0) is 33.2. The van der Waals surface area contributed by atoms with Crippen molar-refractivity contribution >= 4 is 39.1 Å². The first-order valence-corrected chi connectivity index (χ1v) is 17.8. The third kappa shape index (κ3) is 8.73. The maximum atomic E-state index is 14.6. The van der Waals surface area contributed by atoms with Gasteiger partial charge >= 0.3 is 0 Å². The molecule has 0 bridgehead atoms. The number of halogens is 1. The topological polar surface area (TPSA) is 96.0 Å². The fraction of sp³-hybridized carbons (Fsp3) is 0.297. The molecule has 1 unspecified atom stereocenters. The van der Waals surface area contributed by atoms with E-state index in [4.69, 9.17) is 16.3 Å². The second kappa shape index (κ2) is 16.0. The standard InChI is InChI=1S/C37H40ClN3O5S/c1-2-46-32-21-23-33(24-22-32)47(44,45)41(31-18-7-4-8-19-31)27-36(42)40(26-29-15-9-12-20-34(29)38)35(25-28-13-5-3-6-14-28)37(43)39-30-16-10-11-17-30/h3-9,12-15,18-24,30,35H,2,10-11,16-17,25-27H2,1H3,(H,39,43). The normalized spacial score (nSPS) is 13.9. The summed E-state index contributed by atoms with van der Waals surface area (Å²) in [5.41, 5.74) is 1.84. The Hall–Kier alpha value is -4.34. The number of amides is 2. The first-order chi connectivity index (χ1) is 22.8. The second-order valence-electron chi connectivity index (χ2n) is 11.6. The van der Waals surface area contributed by atoms with Crippen molar-refractivity contribution in [3.8, 4) is 5.75 Å². The summed E-state index contributed by atoms with van der Waals surface area (Å²) < 4.78 is 35.0. The fourth-order valence-electron chi connectivity index (χ4n) is 5.86. The molecule has 5 rings (SSSR count). The minimum Gasteiger partial charge on any atom is -0.494 e. The molecule has 0 aromatic heterocycles. The molecule has 0 saturated heterocycles. The van der Waals surface area contributed by atoms with Crippen LogP contribution in [0.5, 0.6) is 5.75 Å². The van der Waals surface area contributed by atoms with Crippen molar-refractivity contribution < 1.29 is 22.7 Å². The zero-order valence-corrected chi connectivity index (χ0v) is 28.0. The van der Waals surface area contributed by atoms with Crippen LogP contribution in [0.3, 0.4) is 0 Å². The van der Waals surface area contributed by atoms with Crippen LogP contribution in [0.4, 0.5) is 5.69 Å². The molecule has 1 N–H and O–H groups in total. The molecule has 1 atom stereocenters. The van der Waals surface area contributed by atoms with Gasteiger partial charge in [-0.2, -0.15) is 0 Å². The van der Waals surface area contributed by atoms with Gasteiger partial charge in [0.25, 0.3) is 10.0 Å². The van der Waals surface area contributed by atoms with Crippen LogP contribution in [0.2, 0.25) is 5.02 Å². The van der Waals surface area contributed by atoms with Gasteiger partial charge in [-0.25, -0.2) is 8.42 Å². The smallest absolute Gasteiger partial charge is 0.264 e. The molecule has 1 saturated carbocycles. The number of para-hydroxylation sites is 1. The molecular formula is C37H40ClN3O5S. The van der Waals surface area contributed by atoms with E-state index in [9.17, 15) is 18.0 Å². The number of benzene rings is 4. The van der Waals surface area contributed by atoms with Crippen molar-refractivity contribution in [2.45, 2.75) is 62.6 Å². The van der Waals surface area contributed by atoms with E-state index in [1.165, 1.54) is 17.0 Å². The van der Waals surface area contributed by atoms with E-state index in [-0.39, 0.29) is 29.8 Å². The Bertz CT molecular complexity index is 1730. The number of carbonyl (C=O) groups is 2. The number of hydrogen-bond donors (Lipinski definition) is 1. The molecule has 4 aromatic rings. The van der Waals surface area contributed by atoms with E-state index >= 15 is 0 Å². The molecule has 0 radical (unpaired) electrons. The first-order valence-electron chi connectivity index (χ1n) is 15.9. The lowest BCUT2D eigenvalue weighted by Gasteiger charge is -2.34. The van der Waals surface area contributed by atoms with Crippen molar-refractivity contribution in [3.63, 3.8) is 0 Å². The van der Waals surface area contributed by atoms with Gasteiger partial charge in [-0.15, -0.1) is 0 Å². The number of carbonyl (C=O) groups excluding carboxylic acids is 2. The highest BCUT2D eigenvalue weighted by Gasteiger charge is 2.35. The molecule has 0 aliphatic heterocycles. The van der Waals surface area contributed by atoms with Gasteiger partial charge in [0.05, 0.1) is 17.2 Å². The van der Waals surface area contributed by atoms with E-state index < -0.39 is 28.5 Å². The lowest BCUT2D eigenvalue weighted by Crippen LogP contribution is -2.54. The zero-order valence-electron chi connectivity index (χ0n) is 26.4. The fourth-order valence-corrected chi connectivity index (χ4v) is 7.47. The summed E-state index contributed by atoms with van der Waals surface area (Å²) in [5.74, 6) is -0.274. The molecule has 47 heavy (non-hydrogen) atoms. The van der Waals surface area contributed by atoms with Crippen LogP contribution in [-0.2, 0) is 32.6 Å². The summed E-state index contributed by atoms with van der Waals surface area (Å²) in [6, 6.07) is 30.4. The highest BCUT2D eigenvalue weighted by atomic mass is 35.5. The largest absolute Gasteiger partial charge is 0.494 e. The van der Waals surface area contributed by atoms with Crippen LogP contribution in [-0.4, -0.2) is 50.4 Å². The number of nitrogens with zero attached hydrogens (tertiary/aromatic N) is 2. The van der Waals surface area contributed by atoms with Crippen molar-refractivity contribution in [2.24, 2.45) is 0 Å². The van der Waals surface area contributed by atoms with E-state index in [2.05, 4.69) is 5.32 Å². The monoisotopic (exact) mass is 673 g/mol. The van der Waals surface area contributed by atoms with Gasteiger partial charge in [0.1, 0.15) is 18.3 Å². The van der Waals surface area contributed by atoms with Crippen LogP contribution >= 0.6 is 11.6 Å². The Morgan fingerprint density at radius 2 is 1.49 bits per heavy atom. The third-order valence-corrected chi connectivity index (χ3v) is 10.5. The predicted molar refractivity (Wildman–Crippen MR) is 185 cm³/mol. The van der Waals surface area contributed by atoms with Crippen molar-refractivity contribution in [2.75, 3.05) is 17.5 Å². The summed E-state index contributed by atoms with van der Waals surface area (Å²) in [6.45, 7) is 1.77. The SMILES string of the molecule is CCOc1ccc(S(=O)(=O)N(CC(=O)N(Cc2ccccc2Cl)C(Cc2ccccc2)C(=O)NC2CCCC2)c2ccccc2)cc1. The van der Waals surface area contributed by atoms with Gasteiger partial charge < -0.3 is 15.0 Å². The lowest BCUT2D eigenvalue weighted by molar-refractivity contribution is -0.140. The van der Waals surface area contributed by atoms with Crippen LogP contribution in [0, 0.1) is 0 Å². The Morgan fingerprint density at radius 3 is 2.13 bits per heavy atom. The Morgan fingerprint density at radius 1 is 0.872 bits per heavy atom. The molecule has 0 heterocycles. The van der Waals surface area contributed by atoms with Crippen molar-refractivity contribution in [1.29, 1.82) is 0 Å². The second-order valence-corrected chi connectivity index (χ2v) is 13.8. The van der Waals surface area contributed by atoms with Crippen molar-refractivity contribution in [3.05, 3.63) is 125 Å².